The maximum absolute atomic E-state index is 12.1. The zero-order valence-electron chi connectivity index (χ0n) is 12.3. The molecule has 0 bridgehead atoms. The van der Waals surface area contributed by atoms with Crippen molar-refractivity contribution in [1.82, 2.24) is 15.2 Å². The molecule has 1 fully saturated rings. The summed E-state index contributed by atoms with van der Waals surface area (Å²) in [6.45, 7) is 1.60. The lowest BCUT2D eigenvalue weighted by Crippen LogP contribution is -2.58. The highest BCUT2D eigenvalue weighted by Gasteiger charge is 2.44. The highest BCUT2D eigenvalue weighted by molar-refractivity contribution is 6.26. The Morgan fingerprint density at radius 3 is 2.33 bits per heavy atom. The van der Waals surface area contributed by atoms with E-state index in [1.165, 1.54) is 14.1 Å². The van der Waals surface area contributed by atoms with Gasteiger partial charge in [-0.25, -0.2) is 4.79 Å². The molecule has 0 saturated carbocycles. The van der Waals surface area contributed by atoms with Gasteiger partial charge in [-0.2, -0.15) is 5.10 Å². The van der Waals surface area contributed by atoms with Crippen LogP contribution in [-0.2, 0) is 9.59 Å². The van der Waals surface area contributed by atoms with E-state index in [1.807, 2.05) is 18.2 Å². The molecule has 112 valence electrons. The summed E-state index contributed by atoms with van der Waals surface area (Å²) in [4.78, 5) is 37.7. The predicted molar refractivity (Wildman–Crippen MR) is 77.1 cm³/mol. The van der Waals surface area contributed by atoms with E-state index in [1.54, 1.807) is 6.92 Å². The number of carbonyl (C=O) groups is 3. The van der Waals surface area contributed by atoms with Crippen molar-refractivity contribution in [2.45, 2.75) is 19.8 Å². The van der Waals surface area contributed by atoms with Crippen molar-refractivity contribution in [3.63, 3.8) is 0 Å². The third-order valence-electron chi connectivity index (χ3n) is 3.50. The van der Waals surface area contributed by atoms with Gasteiger partial charge in [0.2, 0.25) is 11.8 Å². The smallest absolute Gasteiger partial charge is 0.279 e. The predicted octanol–water partition coefficient (Wildman–Crippen LogP) is 0.852. The molecule has 0 aromatic carbocycles. The fourth-order valence-corrected chi connectivity index (χ4v) is 2.18. The number of imide groups is 2. The summed E-state index contributed by atoms with van der Waals surface area (Å²) in [6, 6.07) is -0.625. The first-order valence-electron chi connectivity index (χ1n) is 6.69. The molecular formula is C14H18N4O3. The highest BCUT2D eigenvalue weighted by atomic mass is 16.2. The van der Waals surface area contributed by atoms with Gasteiger partial charge in [0.15, 0.2) is 5.92 Å². The molecule has 21 heavy (non-hydrogen) atoms. The van der Waals surface area contributed by atoms with Crippen molar-refractivity contribution in [1.29, 1.82) is 0 Å². The molecule has 7 heteroatoms. The van der Waals surface area contributed by atoms with E-state index in [4.69, 9.17) is 0 Å². The van der Waals surface area contributed by atoms with Crippen LogP contribution in [0.25, 0.3) is 0 Å². The molecule has 4 amide bonds. The van der Waals surface area contributed by atoms with Gasteiger partial charge in [0.1, 0.15) is 0 Å². The first kappa shape index (κ1) is 15.0. The number of carbonyl (C=O) groups excluding carboxylic acids is 3. The van der Waals surface area contributed by atoms with Crippen LogP contribution in [0, 0.1) is 5.92 Å². The Morgan fingerprint density at radius 2 is 1.81 bits per heavy atom. The van der Waals surface area contributed by atoms with Crippen LogP contribution in [-0.4, -0.2) is 47.5 Å². The minimum Gasteiger partial charge on any atom is -0.279 e. The average molecular weight is 290 g/mol. The number of hydrazone groups is 1. The molecule has 0 unspecified atom stereocenters. The van der Waals surface area contributed by atoms with Gasteiger partial charge in [-0.15, -0.1) is 0 Å². The second kappa shape index (κ2) is 5.90. The van der Waals surface area contributed by atoms with Gasteiger partial charge in [0.25, 0.3) is 0 Å². The van der Waals surface area contributed by atoms with Gasteiger partial charge >= 0.3 is 6.03 Å². The average Bonchev–Trinajstić information content (AvgIpc) is 2.50. The van der Waals surface area contributed by atoms with Crippen LogP contribution >= 0.6 is 0 Å². The minimum absolute atomic E-state index is 0.330. The van der Waals surface area contributed by atoms with Crippen LogP contribution < -0.4 is 5.43 Å². The summed E-state index contributed by atoms with van der Waals surface area (Å²) < 4.78 is 0. The number of rotatable bonds is 3. The van der Waals surface area contributed by atoms with Gasteiger partial charge in [0, 0.05) is 14.1 Å². The monoisotopic (exact) mass is 290 g/mol. The van der Waals surface area contributed by atoms with Crippen molar-refractivity contribution >= 4 is 23.6 Å². The van der Waals surface area contributed by atoms with Crippen LogP contribution in [0.3, 0.4) is 0 Å². The Labute approximate surface area is 123 Å². The van der Waals surface area contributed by atoms with Crippen molar-refractivity contribution in [3.05, 3.63) is 23.9 Å². The van der Waals surface area contributed by atoms with Gasteiger partial charge in [0.05, 0.1) is 11.4 Å². The SMILES string of the molecule is C/C(=N\NC1=CCCC=C1)C1C(=O)N(C)C(=O)N(C)C1=O. The molecule has 1 aliphatic heterocycles. The van der Waals surface area contributed by atoms with Crippen molar-refractivity contribution in [3.8, 4) is 0 Å². The van der Waals surface area contributed by atoms with Crippen molar-refractivity contribution in [2.75, 3.05) is 14.1 Å². The zero-order chi connectivity index (χ0) is 15.6. The minimum atomic E-state index is -1.06. The molecule has 0 radical (unpaired) electrons. The fourth-order valence-electron chi connectivity index (χ4n) is 2.18. The maximum atomic E-state index is 12.1. The van der Waals surface area contributed by atoms with Gasteiger partial charge in [-0.3, -0.25) is 24.8 Å². The summed E-state index contributed by atoms with van der Waals surface area (Å²) in [5.74, 6) is -2.17. The number of barbiturate groups is 1. The van der Waals surface area contributed by atoms with E-state index >= 15 is 0 Å². The lowest BCUT2D eigenvalue weighted by Gasteiger charge is -2.32. The molecule has 0 spiro atoms. The molecule has 1 heterocycles. The van der Waals surface area contributed by atoms with E-state index < -0.39 is 23.8 Å². The topological polar surface area (TPSA) is 82.1 Å². The van der Waals surface area contributed by atoms with Crippen molar-refractivity contribution < 1.29 is 14.4 Å². The van der Waals surface area contributed by atoms with Crippen LogP contribution in [0.15, 0.2) is 29.0 Å². The summed E-state index contributed by atoms with van der Waals surface area (Å²) in [6.07, 6.45) is 7.82. The molecule has 0 aromatic rings. The lowest BCUT2D eigenvalue weighted by molar-refractivity contribution is -0.144. The first-order chi connectivity index (χ1) is 9.93. The normalized spacial score (nSPS) is 21.0. The Bertz CT molecular complexity index is 553. The molecule has 1 N–H and O–H groups in total. The van der Waals surface area contributed by atoms with E-state index in [-0.39, 0.29) is 0 Å². The molecule has 1 aliphatic carbocycles. The Hall–Kier alpha value is -2.44. The highest BCUT2D eigenvalue weighted by Crippen LogP contribution is 2.17. The third kappa shape index (κ3) is 2.86. The first-order valence-corrected chi connectivity index (χ1v) is 6.69. The van der Waals surface area contributed by atoms with E-state index in [0.717, 1.165) is 28.3 Å². The van der Waals surface area contributed by atoms with E-state index in [9.17, 15) is 14.4 Å². The standard InChI is InChI=1S/C14H18N4O3/c1-9(15-16-10-7-5-4-6-8-10)11-12(19)17(2)14(21)18(3)13(11)20/h5,7-8,11,16H,4,6H2,1-3H3/b15-9+. The summed E-state index contributed by atoms with van der Waals surface area (Å²) >= 11 is 0. The lowest BCUT2D eigenvalue weighted by atomic mass is 9.99. The summed E-state index contributed by atoms with van der Waals surface area (Å²) in [5, 5.41) is 4.11. The molecule has 2 rings (SSSR count). The van der Waals surface area contributed by atoms with E-state index in [2.05, 4.69) is 10.5 Å². The number of nitrogens with one attached hydrogen (secondary N) is 1. The van der Waals surface area contributed by atoms with Crippen LogP contribution in [0.5, 0.6) is 0 Å². The van der Waals surface area contributed by atoms with Crippen LogP contribution in [0.2, 0.25) is 0 Å². The molecule has 7 nitrogen and oxygen atoms in total. The van der Waals surface area contributed by atoms with Crippen LogP contribution in [0.4, 0.5) is 4.79 Å². The second-order valence-electron chi connectivity index (χ2n) is 5.01. The molecule has 2 aliphatic rings. The van der Waals surface area contributed by atoms with Gasteiger partial charge in [-0.1, -0.05) is 12.2 Å². The number of amides is 4. The number of hydrogen-bond donors (Lipinski definition) is 1. The number of allylic oxidation sites excluding steroid dienone is 3. The summed E-state index contributed by atoms with van der Waals surface area (Å²) in [5.41, 5.74) is 3.99. The third-order valence-corrected chi connectivity index (χ3v) is 3.50. The zero-order valence-corrected chi connectivity index (χ0v) is 12.3. The van der Waals surface area contributed by atoms with Crippen molar-refractivity contribution in [2.24, 2.45) is 11.0 Å². The second-order valence-corrected chi connectivity index (χ2v) is 5.01. The van der Waals surface area contributed by atoms with Crippen LogP contribution in [0.1, 0.15) is 19.8 Å². The Balaban J connectivity index is 2.16. The molecule has 1 saturated heterocycles. The quantitative estimate of drug-likeness (QED) is 0.474. The molecule has 0 aromatic heterocycles. The Kier molecular flexibility index (Phi) is 4.21. The number of urea groups is 1. The van der Waals surface area contributed by atoms with Gasteiger partial charge < -0.3 is 0 Å². The maximum Gasteiger partial charge on any atom is 0.332 e. The number of nitrogens with zero attached hydrogens (tertiary/aromatic N) is 3. The largest absolute Gasteiger partial charge is 0.332 e. The number of hydrogen-bond acceptors (Lipinski definition) is 5. The molecular weight excluding hydrogens is 272 g/mol. The fraction of sp³-hybridized carbons (Fsp3) is 0.429. The van der Waals surface area contributed by atoms with Gasteiger partial charge in [-0.05, 0) is 25.8 Å². The Morgan fingerprint density at radius 1 is 1.19 bits per heavy atom. The summed E-state index contributed by atoms with van der Waals surface area (Å²) in [7, 11) is 2.71. The molecule has 0 atom stereocenters. The van der Waals surface area contributed by atoms with E-state index in [0.29, 0.717) is 5.71 Å².